The summed E-state index contributed by atoms with van der Waals surface area (Å²) in [5.74, 6) is 2.26. The molecule has 0 saturated heterocycles. The Labute approximate surface area is 187 Å². The summed E-state index contributed by atoms with van der Waals surface area (Å²) in [7, 11) is 0. The summed E-state index contributed by atoms with van der Waals surface area (Å²) in [5, 5.41) is 2.99. The summed E-state index contributed by atoms with van der Waals surface area (Å²) in [6.07, 6.45) is 0.386. The lowest BCUT2D eigenvalue weighted by Gasteiger charge is -2.29. The molecule has 0 saturated carbocycles. The maximum atomic E-state index is 12.7. The number of para-hydroxylation sites is 1. The van der Waals surface area contributed by atoms with Gasteiger partial charge in [0, 0.05) is 42.0 Å². The van der Waals surface area contributed by atoms with Gasteiger partial charge in [0.25, 0.3) is 0 Å². The molecular weight excluding hydrogens is 412 g/mol. The quantitative estimate of drug-likeness (QED) is 0.741. The van der Waals surface area contributed by atoms with Gasteiger partial charge in [-0.15, -0.1) is 11.8 Å². The van der Waals surface area contributed by atoms with Crippen LogP contribution in [-0.2, 0) is 15.0 Å². The van der Waals surface area contributed by atoms with Gasteiger partial charge in [-0.1, -0.05) is 32.0 Å². The molecule has 0 aromatic heterocycles. The summed E-state index contributed by atoms with van der Waals surface area (Å²) in [6.45, 7) is 6.41. The zero-order valence-electron chi connectivity index (χ0n) is 18.0. The van der Waals surface area contributed by atoms with Crippen LogP contribution < -0.4 is 19.7 Å². The predicted molar refractivity (Wildman–Crippen MR) is 122 cm³/mol. The highest BCUT2D eigenvalue weighted by molar-refractivity contribution is 7.99. The van der Waals surface area contributed by atoms with Crippen LogP contribution in [0.1, 0.15) is 32.3 Å². The van der Waals surface area contributed by atoms with Crippen LogP contribution >= 0.6 is 11.8 Å². The lowest BCUT2D eigenvalue weighted by atomic mass is 9.84. The first-order valence-corrected chi connectivity index (χ1v) is 11.6. The molecule has 6 nitrogen and oxygen atoms in total. The number of ether oxygens (including phenoxy) is 2. The predicted octanol–water partition coefficient (Wildman–Crippen LogP) is 3.77. The van der Waals surface area contributed by atoms with Crippen LogP contribution in [0.15, 0.2) is 47.4 Å². The van der Waals surface area contributed by atoms with Crippen LogP contribution in [0.5, 0.6) is 11.5 Å². The van der Waals surface area contributed by atoms with Crippen molar-refractivity contribution in [1.82, 2.24) is 5.32 Å². The summed E-state index contributed by atoms with van der Waals surface area (Å²) in [4.78, 5) is 28.1. The van der Waals surface area contributed by atoms with E-state index in [1.807, 2.05) is 42.5 Å². The number of anilines is 1. The van der Waals surface area contributed by atoms with E-state index in [9.17, 15) is 9.59 Å². The number of thioether (sulfide) groups is 1. The molecule has 31 heavy (non-hydrogen) atoms. The van der Waals surface area contributed by atoms with Crippen molar-refractivity contribution >= 4 is 29.3 Å². The van der Waals surface area contributed by atoms with Crippen molar-refractivity contribution in [1.29, 1.82) is 0 Å². The minimum atomic E-state index is -0.279. The number of carbonyl (C=O) groups excluding carboxylic acids is 2. The van der Waals surface area contributed by atoms with E-state index < -0.39 is 0 Å². The molecule has 7 heteroatoms. The molecule has 2 aliphatic heterocycles. The molecular formula is C24H28N2O4S. The van der Waals surface area contributed by atoms with Gasteiger partial charge < -0.3 is 19.7 Å². The average molecular weight is 441 g/mol. The van der Waals surface area contributed by atoms with Crippen LogP contribution in [0.25, 0.3) is 0 Å². The number of carbonyl (C=O) groups is 2. The Hall–Kier alpha value is -2.67. The molecule has 2 aliphatic rings. The Balaban J connectivity index is 1.30. The molecule has 0 aliphatic carbocycles. The summed E-state index contributed by atoms with van der Waals surface area (Å²) in [5.41, 5.74) is 1.73. The third-order valence-corrected chi connectivity index (χ3v) is 6.69. The third kappa shape index (κ3) is 4.98. The van der Waals surface area contributed by atoms with Crippen molar-refractivity contribution < 1.29 is 19.1 Å². The Morgan fingerprint density at radius 1 is 1.06 bits per heavy atom. The Bertz CT molecular complexity index is 976. The zero-order chi connectivity index (χ0) is 21.8. The number of hydrogen-bond donors (Lipinski definition) is 1. The number of nitrogens with one attached hydrogen (secondary N) is 1. The fourth-order valence-corrected chi connectivity index (χ4v) is 4.75. The van der Waals surface area contributed by atoms with Gasteiger partial charge in [-0.25, -0.2) is 0 Å². The second-order valence-corrected chi connectivity index (χ2v) is 9.52. The largest absolute Gasteiger partial charge is 0.486 e. The van der Waals surface area contributed by atoms with Crippen molar-refractivity contribution in [2.45, 2.75) is 37.0 Å². The van der Waals surface area contributed by atoms with E-state index in [0.29, 0.717) is 26.3 Å². The maximum Gasteiger partial charge on any atom is 0.227 e. The Morgan fingerprint density at radius 2 is 1.84 bits per heavy atom. The summed E-state index contributed by atoms with van der Waals surface area (Å²) in [6, 6.07) is 13.8. The van der Waals surface area contributed by atoms with Crippen molar-refractivity contribution in [2.75, 3.05) is 37.0 Å². The van der Waals surface area contributed by atoms with E-state index in [1.54, 1.807) is 16.7 Å². The first-order valence-electron chi connectivity index (χ1n) is 10.6. The summed E-state index contributed by atoms with van der Waals surface area (Å²) < 4.78 is 11.3. The molecule has 164 valence electrons. The van der Waals surface area contributed by atoms with E-state index in [4.69, 9.17) is 9.47 Å². The van der Waals surface area contributed by atoms with Gasteiger partial charge in [0.15, 0.2) is 11.5 Å². The normalized spacial score (nSPS) is 15.2. The highest BCUT2D eigenvalue weighted by Crippen LogP contribution is 2.36. The second kappa shape index (κ2) is 9.22. The van der Waals surface area contributed by atoms with E-state index in [0.717, 1.165) is 33.4 Å². The Kier molecular flexibility index (Phi) is 6.41. The minimum Gasteiger partial charge on any atom is -0.486 e. The zero-order valence-corrected chi connectivity index (χ0v) is 18.8. The van der Waals surface area contributed by atoms with E-state index >= 15 is 0 Å². The van der Waals surface area contributed by atoms with Crippen LogP contribution in [0.2, 0.25) is 0 Å². The van der Waals surface area contributed by atoms with E-state index in [1.165, 1.54) is 0 Å². The topological polar surface area (TPSA) is 67.9 Å². The smallest absolute Gasteiger partial charge is 0.227 e. The minimum absolute atomic E-state index is 0.00556. The van der Waals surface area contributed by atoms with Crippen LogP contribution in [0.3, 0.4) is 0 Å². The van der Waals surface area contributed by atoms with E-state index in [2.05, 4.69) is 19.2 Å². The molecule has 0 atom stereocenters. The Morgan fingerprint density at radius 3 is 2.68 bits per heavy atom. The molecule has 2 aromatic rings. The number of rotatable bonds is 6. The highest BCUT2D eigenvalue weighted by atomic mass is 32.2. The average Bonchev–Trinajstić information content (AvgIpc) is 2.80. The third-order valence-electron chi connectivity index (χ3n) is 5.65. The molecule has 2 amide bonds. The van der Waals surface area contributed by atoms with Crippen molar-refractivity contribution in [3.05, 3.63) is 48.0 Å². The maximum absolute atomic E-state index is 12.7. The van der Waals surface area contributed by atoms with Crippen molar-refractivity contribution in [3.8, 4) is 11.5 Å². The molecule has 0 spiro atoms. The molecule has 0 bridgehead atoms. The first kappa shape index (κ1) is 21.6. The number of amides is 2. The number of fused-ring (bicyclic) bond motifs is 2. The van der Waals surface area contributed by atoms with Crippen LogP contribution in [0.4, 0.5) is 5.69 Å². The van der Waals surface area contributed by atoms with Gasteiger partial charge in [0.1, 0.15) is 13.2 Å². The van der Waals surface area contributed by atoms with Gasteiger partial charge in [-0.3, -0.25) is 9.59 Å². The number of benzene rings is 2. The van der Waals surface area contributed by atoms with Crippen LogP contribution in [-0.4, -0.2) is 43.9 Å². The molecule has 0 unspecified atom stereocenters. The fraction of sp³-hybridized carbons (Fsp3) is 0.417. The standard InChI is InChI=1S/C24H28N2O4S/c1-24(2,17-7-8-19-20(15-17)30-13-12-29-19)16-25-22(27)9-10-23(28)26-11-14-31-21-6-4-3-5-18(21)26/h3-8,15H,9-14,16H2,1-2H3,(H,25,27). The molecule has 1 N–H and O–H groups in total. The van der Waals surface area contributed by atoms with Crippen LogP contribution in [0, 0.1) is 0 Å². The lowest BCUT2D eigenvalue weighted by Crippen LogP contribution is -2.38. The van der Waals surface area contributed by atoms with Gasteiger partial charge in [-0.05, 0) is 29.8 Å². The van der Waals surface area contributed by atoms with Crippen molar-refractivity contribution in [2.24, 2.45) is 0 Å². The van der Waals surface area contributed by atoms with Crippen molar-refractivity contribution in [3.63, 3.8) is 0 Å². The molecule has 0 fully saturated rings. The van der Waals surface area contributed by atoms with Gasteiger partial charge in [0.05, 0.1) is 5.69 Å². The fourth-order valence-electron chi connectivity index (χ4n) is 3.76. The SMILES string of the molecule is CC(C)(CNC(=O)CCC(=O)N1CCSc2ccccc21)c1ccc2c(c1)OCCO2. The molecule has 4 rings (SSSR count). The molecule has 2 heterocycles. The monoisotopic (exact) mass is 440 g/mol. The second-order valence-electron chi connectivity index (χ2n) is 8.38. The van der Waals surface area contributed by atoms with Gasteiger partial charge in [-0.2, -0.15) is 0 Å². The lowest BCUT2D eigenvalue weighted by molar-refractivity contribution is -0.125. The number of hydrogen-bond acceptors (Lipinski definition) is 5. The highest BCUT2D eigenvalue weighted by Gasteiger charge is 2.26. The molecule has 0 radical (unpaired) electrons. The summed E-state index contributed by atoms with van der Waals surface area (Å²) >= 11 is 1.76. The first-order chi connectivity index (χ1) is 14.9. The van der Waals surface area contributed by atoms with E-state index in [-0.39, 0.29) is 30.1 Å². The van der Waals surface area contributed by atoms with Gasteiger partial charge >= 0.3 is 0 Å². The van der Waals surface area contributed by atoms with Gasteiger partial charge in [0.2, 0.25) is 11.8 Å². The molecule has 2 aromatic carbocycles. The number of nitrogens with zero attached hydrogens (tertiary/aromatic N) is 1.